The molecular formula is C14H24N2O. The predicted molar refractivity (Wildman–Crippen MR) is 72.4 cm³/mol. The molecule has 0 aromatic heterocycles. The number of benzene rings is 1. The Balaban J connectivity index is 1.85. The molecule has 17 heavy (non-hydrogen) atoms. The van der Waals surface area contributed by atoms with Crippen LogP contribution in [-0.2, 0) is 0 Å². The number of unbranched alkanes of at least 4 members (excludes halogenated alkanes) is 5. The van der Waals surface area contributed by atoms with Crippen LogP contribution >= 0.6 is 0 Å². The summed E-state index contributed by atoms with van der Waals surface area (Å²) in [6, 6.07) is 10.3. The molecule has 96 valence electrons. The Labute approximate surface area is 104 Å². The van der Waals surface area contributed by atoms with Crippen LogP contribution in [0.4, 0.5) is 5.69 Å². The predicted octanol–water partition coefficient (Wildman–Crippen LogP) is 3.42. The summed E-state index contributed by atoms with van der Waals surface area (Å²) in [7, 11) is 0. The van der Waals surface area contributed by atoms with Gasteiger partial charge in [-0.2, -0.15) is 0 Å². The van der Waals surface area contributed by atoms with E-state index < -0.39 is 0 Å². The first-order chi connectivity index (χ1) is 8.43. The minimum Gasteiger partial charge on any atom is -0.385 e. The van der Waals surface area contributed by atoms with E-state index in [0.717, 1.165) is 19.5 Å². The van der Waals surface area contributed by atoms with Gasteiger partial charge < -0.3 is 10.5 Å². The monoisotopic (exact) mass is 236 g/mol. The second kappa shape index (κ2) is 10.1. The Morgan fingerprint density at radius 1 is 0.765 bits per heavy atom. The Bertz CT molecular complexity index is 264. The largest absolute Gasteiger partial charge is 0.385 e. The van der Waals surface area contributed by atoms with Crippen LogP contribution in [0.3, 0.4) is 0 Å². The van der Waals surface area contributed by atoms with Crippen LogP contribution in [0.2, 0.25) is 0 Å². The van der Waals surface area contributed by atoms with Gasteiger partial charge in [0, 0.05) is 18.8 Å². The van der Waals surface area contributed by atoms with Crippen molar-refractivity contribution >= 4 is 5.69 Å². The van der Waals surface area contributed by atoms with E-state index >= 15 is 0 Å². The molecule has 0 amide bonds. The van der Waals surface area contributed by atoms with Crippen LogP contribution in [0.5, 0.6) is 0 Å². The molecule has 1 aromatic carbocycles. The molecule has 3 heteroatoms. The molecule has 0 heterocycles. The molecule has 0 aliphatic carbocycles. The molecule has 3 nitrogen and oxygen atoms in total. The molecular weight excluding hydrogens is 212 g/mol. The normalized spacial score (nSPS) is 10.4. The van der Waals surface area contributed by atoms with Crippen molar-refractivity contribution in [1.82, 2.24) is 5.48 Å². The van der Waals surface area contributed by atoms with Crippen molar-refractivity contribution in [2.45, 2.75) is 38.5 Å². The van der Waals surface area contributed by atoms with E-state index in [0.29, 0.717) is 0 Å². The van der Waals surface area contributed by atoms with Crippen molar-refractivity contribution in [3.8, 4) is 0 Å². The summed E-state index contributed by atoms with van der Waals surface area (Å²) in [5.41, 5.74) is 3.40. The van der Waals surface area contributed by atoms with Crippen molar-refractivity contribution in [2.75, 3.05) is 18.4 Å². The van der Waals surface area contributed by atoms with Gasteiger partial charge in [-0.3, -0.25) is 0 Å². The van der Waals surface area contributed by atoms with Crippen molar-refractivity contribution in [2.24, 2.45) is 0 Å². The van der Waals surface area contributed by atoms with E-state index in [1.807, 2.05) is 6.07 Å². The van der Waals surface area contributed by atoms with Gasteiger partial charge in [0.05, 0.1) is 0 Å². The van der Waals surface area contributed by atoms with Gasteiger partial charge in [0.2, 0.25) is 0 Å². The molecule has 0 saturated heterocycles. The number of hydrogen-bond donors (Lipinski definition) is 3. The fraction of sp³-hybridized carbons (Fsp3) is 0.571. The number of hydrogen-bond acceptors (Lipinski definition) is 3. The van der Waals surface area contributed by atoms with Crippen LogP contribution < -0.4 is 10.8 Å². The van der Waals surface area contributed by atoms with Gasteiger partial charge in [-0.15, -0.1) is 0 Å². The number of anilines is 1. The topological polar surface area (TPSA) is 44.3 Å². The van der Waals surface area contributed by atoms with Crippen molar-refractivity contribution in [1.29, 1.82) is 0 Å². The smallest absolute Gasteiger partial charge is 0.0340 e. The highest BCUT2D eigenvalue weighted by Crippen LogP contribution is 2.07. The summed E-state index contributed by atoms with van der Waals surface area (Å²) in [6.07, 6.45) is 7.35. The minimum atomic E-state index is 0.718. The molecule has 1 rings (SSSR count). The molecule has 0 fully saturated rings. The highest BCUT2D eigenvalue weighted by molar-refractivity contribution is 5.42. The lowest BCUT2D eigenvalue weighted by Crippen LogP contribution is -2.08. The lowest BCUT2D eigenvalue weighted by molar-refractivity contribution is 0.164. The fourth-order valence-electron chi connectivity index (χ4n) is 1.82. The van der Waals surface area contributed by atoms with Crippen molar-refractivity contribution in [3.05, 3.63) is 30.3 Å². The third-order valence-electron chi connectivity index (χ3n) is 2.82. The third kappa shape index (κ3) is 7.77. The quantitative estimate of drug-likeness (QED) is 0.431. The number of nitrogens with one attached hydrogen (secondary N) is 2. The average Bonchev–Trinajstić information content (AvgIpc) is 2.38. The maximum absolute atomic E-state index is 8.39. The summed E-state index contributed by atoms with van der Waals surface area (Å²) in [5.74, 6) is 0. The van der Waals surface area contributed by atoms with Crippen molar-refractivity contribution in [3.63, 3.8) is 0 Å². The Hall–Kier alpha value is -1.06. The van der Waals surface area contributed by atoms with Gasteiger partial charge in [-0.05, 0) is 25.0 Å². The molecule has 0 radical (unpaired) electrons. The highest BCUT2D eigenvalue weighted by Gasteiger charge is 1.92. The van der Waals surface area contributed by atoms with Crippen LogP contribution in [0.25, 0.3) is 0 Å². The summed E-state index contributed by atoms with van der Waals surface area (Å²) in [5, 5.41) is 11.8. The van der Waals surface area contributed by atoms with Crippen molar-refractivity contribution < 1.29 is 5.21 Å². The average molecular weight is 236 g/mol. The van der Waals surface area contributed by atoms with E-state index in [1.54, 1.807) is 0 Å². The van der Waals surface area contributed by atoms with Gasteiger partial charge in [0.15, 0.2) is 0 Å². The Morgan fingerprint density at radius 3 is 2.00 bits per heavy atom. The molecule has 0 bridgehead atoms. The van der Waals surface area contributed by atoms with E-state index in [1.165, 1.54) is 37.8 Å². The first-order valence-electron chi connectivity index (χ1n) is 6.59. The van der Waals surface area contributed by atoms with Gasteiger partial charge >= 0.3 is 0 Å². The first-order valence-corrected chi connectivity index (χ1v) is 6.59. The third-order valence-corrected chi connectivity index (χ3v) is 2.82. The number of hydroxylamine groups is 1. The minimum absolute atomic E-state index is 0.718. The second-order valence-electron chi connectivity index (χ2n) is 4.32. The van der Waals surface area contributed by atoms with Crippen LogP contribution in [-0.4, -0.2) is 18.3 Å². The zero-order valence-electron chi connectivity index (χ0n) is 10.5. The van der Waals surface area contributed by atoms with E-state index in [9.17, 15) is 0 Å². The maximum atomic E-state index is 8.39. The molecule has 0 aliphatic rings. The van der Waals surface area contributed by atoms with E-state index in [2.05, 4.69) is 35.1 Å². The standard InChI is InChI=1S/C14H24N2O/c17-16-13-9-4-2-1-3-8-12-15-14-10-6-5-7-11-14/h5-7,10-11,15-17H,1-4,8-9,12-13H2. The summed E-state index contributed by atoms with van der Waals surface area (Å²) in [4.78, 5) is 0. The molecule has 3 N–H and O–H groups in total. The SMILES string of the molecule is ONCCCCCCCCNc1ccccc1. The summed E-state index contributed by atoms with van der Waals surface area (Å²) >= 11 is 0. The molecule has 0 unspecified atom stereocenters. The molecule has 1 aromatic rings. The van der Waals surface area contributed by atoms with Gasteiger partial charge in [-0.25, -0.2) is 5.48 Å². The highest BCUT2D eigenvalue weighted by atomic mass is 16.5. The number of para-hydroxylation sites is 1. The zero-order chi connectivity index (χ0) is 12.2. The summed E-state index contributed by atoms with van der Waals surface area (Å²) < 4.78 is 0. The Kier molecular flexibility index (Phi) is 8.33. The fourth-order valence-corrected chi connectivity index (χ4v) is 1.82. The van der Waals surface area contributed by atoms with Crippen LogP contribution in [0.15, 0.2) is 30.3 Å². The van der Waals surface area contributed by atoms with E-state index in [4.69, 9.17) is 5.21 Å². The van der Waals surface area contributed by atoms with Crippen LogP contribution in [0, 0.1) is 0 Å². The second-order valence-corrected chi connectivity index (χ2v) is 4.32. The van der Waals surface area contributed by atoms with Gasteiger partial charge in [0.1, 0.15) is 0 Å². The molecule has 0 atom stereocenters. The van der Waals surface area contributed by atoms with Gasteiger partial charge in [0.25, 0.3) is 0 Å². The summed E-state index contributed by atoms with van der Waals surface area (Å²) in [6.45, 7) is 1.78. The maximum Gasteiger partial charge on any atom is 0.0340 e. The van der Waals surface area contributed by atoms with Crippen LogP contribution in [0.1, 0.15) is 38.5 Å². The molecule has 0 saturated carbocycles. The van der Waals surface area contributed by atoms with Gasteiger partial charge in [-0.1, -0.05) is 43.9 Å². The lowest BCUT2D eigenvalue weighted by Gasteiger charge is -2.05. The lowest BCUT2D eigenvalue weighted by atomic mass is 10.1. The van der Waals surface area contributed by atoms with E-state index in [-0.39, 0.29) is 0 Å². The molecule has 0 spiro atoms. The zero-order valence-corrected chi connectivity index (χ0v) is 10.5. The molecule has 0 aliphatic heterocycles. The Morgan fingerprint density at radius 2 is 1.35 bits per heavy atom. The first kappa shape index (κ1) is 14.0. The number of rotatable bonds is 10.